The van der Waals surface area contributed by atoms with Crippen LogP contribution in [-0.2, 0) is 25.5 Å². The van der Waals surface area contributed by atoms with Crippen molar-refractivity contribution in [2.45, 2.75) is 25.2 Å². The molecule has 9 nitrogen and oxygen atoms in total. The number of rotatable bonds is 8. The Morgan fingerprint density at radius 3 is 2.25 bits per heavy atom. The summed E-state index contributed by atoms with van der Waals surface area (Å²) in [6, 6.07) is 16.1. The highest BCUT2D eigenvalue weighted by Gasteiger charge is 2.14. The summed E-state index contributed by atoms with van der Waals surface area (Å²) >= 11 is 0. The quantitative estimate of drug-likeness (QED) is 0.342. The largest absolute Gasteiger partial charge is 0.383 e. The molecule has 0 aliphatic rings. The molecular formula is C22H28N4O5S. The van der Waals surface area contributed by atoms with Crippen molar-refractivity contribution in [3.05, 3.63) is 81.6 Å². The molecule has 0 radical (unpaired) electrons. The number of nitrogen functional groups attached to an aromatic ring is 2. The topological polar surface area (TPSA) is 150 Å². The van der Waals surface area contributed by atoms with E-state index in [-0.39, 0.29) is 35.4 Å². The van der Waals surface area contributed by atoms with Crippen LogP contribution in [0.25, 0.3) is 0 Å². The molecule has 0 fully saturated rings. The minimum absolute atomic E-state index is 0.0410. The van der Waals surface area contributed by atoms with E-state index >= 15 is 0 Å². The molecule has 0 saturated heterocycles. The fraction of sp³-hybridized carbons (Fsp3) is 0.273. The van der Waals surface area contributed by atoms with Gasteiger partial charge in [0.1, 0.15) is 5.82 Å². The summed E-state index contributed by atoms with van der Waals surface area (Å²) in [5.74, 6) is 0.226. The first kappa shape index (κ1) is 25.1. The van der Waals surface area contributed by atoms with E-state index in [9.17, 15) is 13.2 Å². The lowest BCUT2D eigenvalue weighted by atomic mass is 10.1. The fourth-order valence-electron chi connectivity index (χ4n) is 2.62. The number of nitrogens with two attached hydrogens (primary N) is 2. The van der Waals surface area contributed by atoms with Gasteiger partial charge in [0.15, 0.2) is 0 Å². The van der Waals surface area contributed by atoms with E-state index in [1.54, 1.807) is 12.1 Å². The van der Waals surface area contributed by atoms with E-state index in [2.05, 4.69) is 9.97 Å². The van der Waals surface area contributed by atoms with Crippen LogP contribution in [0.4, 0.5) is 11.8 Å². The molecule has 0 aliphatic carbocycles. The first-order chi connectivity index (χ1) is 15.2. The molecule has 3 aromatic rings. The molecule has 32 heavy (non-hydrogen) atoms. The van der Waals surface area contributed by atoms with Crippen molar-refractivity contribution in [1.82, 2.24) is 9.97 Å². The van der Waals surface area contributed by atoms with Crippen molar-refractivity contribution in [3.8, 4) is 0 Å². The monoisotopic (exact) mass is 460 g/mol. The predicted molar refractivity (Wildman–Crippen MR) is 124 cm³/mol. The van der Waals surface area contributed by atoms with Crippen LogP contribution in [0.2, 0.25) is 0 Å². The molecule has 5 N–H and O–H groups in total. The smallest absolute Gasteiger partial charge is 0.297 e. The number of aryl methyl sites for hydroxylation is 1. The normalized spacial score (nSPS) is 10.9. The Hall–Kier alpha value is -3.21. The predicted octanol–water partition coefficient (Wildman–Crippen LogP) is 2.26. The van der Waals surface area contributed by atoms with Crippen molar-refractivity contribution in [3.63, 3.8) is 0 Å². The molecule has 1 heterocycles. The molecule has 0 saturated carbocycles. The Kier molecular flexibility index (Phi) is 9.39. The molecule has 0 unspecified atom stereocenters. The number of H-pyrrole nitrogens is 1. The summed E-state index contributed by atoms with van der Waals surface area (Å²) in [7, 11) is -3.64. The average molecular weight is 461 g/mol. The molecular weight excluding hydrogens is 432 g/mol. The maximum Gasteiger partial charge on any atom is 0.297 e. The molecule has 0 atom stereocenters. The first-order valence-electron chi connectivity index (χ1n) is 9.95. The highest BCUT2D eigenvalue weighted by molar-refractivity contribution is 7.86. The van der Waals surface area contributed by atoms with Gasteiger partial charge in [-0.25, -0.2) is 0 Å². The van der Waals surface area contributed by atoms with Crippen LogP contribution >= 0.6 is 0 Å². The molecule has 3 rings (SSSR count). The number of aromatic amines is 1. The number of ether oxygens (including phenoxy) is 1. The minimum atomic E-state index is -3.64. The van der Waals surface area contributed by atoms with Crippen molar-refractivity contribution in [1.29, 1.82) is 0 Å². The van der Waals surface area contributed by atoms with Gasteiger partial charge >= 0.3 is 0 Å². The molecule has 172 valence electrons. The average Bonchev–Trinajstić information content (AvgIpc) is 2.75. The van der Waals surface area contributed by atoms with Crippen LogP contribution < -0.4 is 17.0 Å². The first-order valence-corrected chi connectivity index (χ1v) is 11.4. The van der Waals surface area contributed by atoms with Gasteiger partial charge in [0, 0.05) is 13.0 Å². The highest BCUT2D eigenvalue weighted by Crippen LogP contribution is 2.13. The van der Waals surface area contributed by atoms with E-state index in [4.69, 9.17) is 20.4 Å². The van der Waals surface area contributed by atoms with E-state index in [1.807, 2.05) is 44.2 Å². The third-order valence-corrected chi connectivity index (χ3v) is 5.60. The van der Waals surface area contributed by atoms with Gasteiger partial charge in [-0.3, -0.25) is 14.0 Å². The van der Waals surface area contributed by atoms with Gasteiger partial charge in [-0.05, 0) is 31.5 Å². The maximum atomic E-state index is 11.6. The van der Waals surface area contributed by atoms with Gasteiger partial charge in [0.25, 0.3) is 15.7 Å². The summed E-state index contributed by atoms with van der Waals surface area (Å²) in [6.45, 7) is 4.61. The lowest BCUT2D eigenvalue weighted by Crippen LogP contribution is -2.19. The standard InChI is InChI=1S/C11H12N4O.C11H16O4S/c12-9-8(10(16)15-11(13)14-9)6-7-4-2-1-3-5-7;1-3-14-8-9-15-16(12,13)11-6-4-10(2)5-7-11/h1-5H,6H2,(H5,12,13,14,15,16);4-7H,3,8-9H2,1-2H3. The Labute approximate surface area is 187 Å². The summed E-state index contributed by atoms with van der Waals surface area (Å²) in [6.07, 6.45) is 0.454. The van der Waals surface area contributed by atoms with Crippen molar-refractivity contribution < 1.29 is 17.3 Å². The summed E-state index contributed by atoms with van der Waals surface area (Å²) in [5.41, 5.74) is 13.2. The van der Waals surface area contributed by atoms with Crippen LogP contribution in [0.15, 0.2) is 64.3 Å². The minimum Gasteiger partial charge on any atom is -0.383 e. The van der Waals surface area contributed by atoms with Gasteiger partial charge in [-0.1, -0.05) is 48.0 Å². The molecule has 1 aromatic heterocycles. The SMILES string of the molecule is CCOCCOS(=O)(=O)c1ccc(C)cc1.Nc1nc(N)c(Cc2ccccc2)c(=O)[nH]1. The zero-order valence-corrected chi connectivity index (χ0v) is 18.9. The van der Waals surface area contributed by atoms with E-state index in [1.165, 1.54) is 12.1 Å². The van der Waals surface area contributed by atoms with Crippen LogP contribution in [-0.4, -0.2) is 38.2 Å². The number of nitrogens with one attached hydrogen (secondary N) is 1. The zero-order valence-electron chi connectivity index (χ0n) is 18.1. The molecule has 0 bridgehead atoms. The molecule has 2 aromatic carbocycles. The lowest BCUT2D eigenvalue weighted by molar-refractivity contribution is 0.112. The van der Waals surface area contributed by atoms with Crippen LogP contribution in [0.5, 0.6) is 0 Å². The zero-order chi connectivity index (χ0) is 23.6. The Balaban J connectivity index is 0.000000227. The number of benzene rings is 2. The van der Waals surface area contributed by atoms with Gasteiger partial charge in [0.05, 0.1) is 23.7 Å². The molecule has 10 heteroatoms. The number of aromatic nitrogens is 2. The van der Waals surface area contributed by atoms with Gasteiger partial charge in [-0.15, -0.1) is 0 Å². The van der Waals surface area contributed by atoms with Gasteiger partial charge in [-0.2, -0.15) is 13.4 Å². The number of hydrogen-bond acceptors (Lipinski definition) is 8. The summed E-state index contributed by atoms with van der Waals surface area (Å²) in [4.78, 5) is 18.0. The molecule has 0 spiro atoms. The van der Waals surface area contributed by atoms with Gasteiger partial charge in [0.2, 0.25) is 5.95 Å². The van der Waals surface area contributed by atoms with Gasteiger partial charge < -0.3 is 16.2 Å². The number of nitrogens with zero attached hydrogens (tertiary/aromatic N) is 1. The Morgan fingerprint density at radius 2 is 1.66 bits per heavy atom. The number of hydrogen-bond donors (Lipinski definition) is 3. The third kappa shape index (κ3) is 7.80. The third-order valence-electron chi connectivity index (χ3n) is 4.27. The summed E-state index contributed by atoms with van der Waals surface area (Å²) in [5, 5.41) is 0. The van der Waals surface area contributed by atoms with E-state index in [0.717, 1.165) is 11.1 Å². The van der Waals surface area contributed by atoms with Crippen molar-refractivity contribution in [2.75, 3.05) is 31.3 Å². The van der Waals surface area contributed by atoms with Crippen LogP contribution in [0.1, 0.15) is 23.6 Å². The van der Waals surface area contributed by atoms with Crippen molar-refractivity contribution in [2.24, 2.45) is 0 Å². The Morgan fingerprint density at radius 1 is 1.00 bits per heavy atom. The second kappa shape index (κ2) is 12.0. The van der Waals surface area contributed by atoms with E-state index in [0.29, 0.717) is 18.6 Å². The van der Waals surface area contributed by atoms with Crippen molar-refractivity contribution >= 4 is 21.9 Å². The molecule has 0 amide bonds. The highest BCUT2D eigenvalue weighted by atomic mass is 32.2. The summed E-state index contributed by atoms with van der Waals surface area (Å²) < 4.78 is 33.1. The van der Waals surface area contributed by atoms with E-state index < -0.39 is 10.1 Å². The fourth-order valence-corrected chi connectivity index (χ4v) is 3.52. The van der Waals surface area contributed by atoms with Crippen LogP contribution in [0.3, 0.4) is 0 Å². The van der Waals surface area contributed by atoms with Crippen LogP contribution in [0, 0.1) is 6.92 Å². The Bertz CT molecular complexity index is 1150. The second-order valence-corrected chi connectivity index (χ2v) is 8.38. The second-order valence-electron chi connectivity index (χ2n) is 6.76. The molecule has 0 aliphatic heterocycles. The lowest BCUT2D eigenvalue weighted by Gasteiger charge is -2.05. The maximum absolute atomic E-state index is 11.6. The number of anilines is 2.